The molecule has 2 aromatic carbocycles. The molecular weight excluding hydrogens is 328 g/mol. The van der Waals surface area contributed by atoms with Crippen molar-refractivity contribution < 1.29 is 23.1 Å². The standard InChI is InChI=1S/C19H15F2NO3/c20-14-7-8-17(21)16(10-14)19(24)22(12-15-5-3-9-25-15)11-13-4-1-2-6-18(13)23/h1-10,23H,11-12H2. The van der Waals surface area contributed by atoms with E-state index in [1.54, 1.807) is 30.3 Å². The normalized spacial score (nSPS) is 10.6. The number of phenolic OH excluding ortho intramolecular Hbond substituents is 1. The van der Waals surface area contributed by atoms with Crippen LogP contribution in [0.2, 0.25) is 0 Å². The van der Waals surface area contributed by atoms with Crippen LogP contribution < -0.4 is 0 Å². The lowest BCUT2D eigenvalue weighted by Crippen LogP contribution is -2.30. The lowest BCUT2D eigenvalue weighted by atomic mass is 10.1. The molecule has 0 unspecified atom stereocenters. The zero-order valence-electron chi connectivity index (χ0n) is 13.2. The van der Waals surface area contributed by atoms with E-state index in [1.165, 1.54) is 17.2 Å². The lowest BCUT2D eigenvalue weighted by molar-refractivity contribution is 0.0711. The number of rotatable bonds is 5. The maximum Gasteiger partial charge on any atom is 0.257 e. The number of hydrogen-bond acceptors (Lipinski definition) is 3. The second-order valence-corrected chi connectivity index (χ2v) is 5.49. The molecule has 1 aromatic heterocycles. The van der Waals surface area contributed by atoms with Crippen molar-refractivity contribution in [1.82, 2.24) is 4.90 Å². The first-order valence-corrected chi connectivity index (χ1v) is 7.58. The zero-order valence-corrected chi connectivity index (χ0v) is 13.2. The van der Waals surface area contributed by atoms with E-state index in [1.807, 2.05) is 0 Å². The summed E-state index contributed by atoms with van der Waals surface area (Å²) in [6, 6.07) is 12.6. The minimum atomic E-state index is -0.812. The fourth-order valence-electron chi connectivity index (χ4n) is 2.47. The van der Waals surface area contributed by atoms with E-state index in [0.29, 0.717) is 11.3 Å². The van der Waals surface area contributed by atoms with Gasteiger partial charge in [-0.15, -0.1) is 0 Å². The number of phenols is 1. The highest BCUT2D eigenvalue weighted by Gasteiger charge is 2.22. The fourth-order valence-corrected chi connectivity index (χ4v) is 2.47. The van der Waals surface area contributed by atoms with E-state index < -0.39 is 17.5 Å². The molecular formula is C19H15F2NO3. The Kier molecular flexibility index (Phi) is 4.79. The van der Waals surface area contributed by atoms with Crippen LogP contribution in [-0.4, -0.2) is 15.9 Å². The van der Waals surface area contributed by atoms with Crippen molar-refractivity contribution in [2.75, 3.05) is 0 Å². The Labute approximate surface area is 142 Å². The molecule has 6 heteroatoms. The van der Waals surface area contributed by atoms with E-state index in [2.05, 4.69) is 0 Å². The Morgan fingerprint density at radius 2 is 1.84 bits per heavy atom. The van der Waals surface area contributed by atoms with Gasteiger partial charge in [0.25, 0.3) is 5.91 Å². The number of aromatic hydroxyl groups is 1. The Morgan fingerprint density at radius 3 is 2.56 bits per heavy atom. The van der Waals surface area contributed by atoms with Gasteiger partial charge in [-0.2, -0.15) is 0 Å². The summed E-state index contributed by atoms with van der Waals surface area (Å²) in [5.74, 6) is -1.71. The summed E-state index contributed by atoms with van der Waals surface area (Å²) in [7, 11) is 0. The van der Waals surface area contributed by atoms with Gasteiger partial charge < -0.3 is 14.4 Å². The molecule has 0 aliphatic heterocycles. The second kappa shape index (κ2) is 7.17. The fraction of sp³-hybridized carbons (Fsp3) is 0.105. The van der Waals surface area contributed by atoms with Crippen molar-refractivity contribution in [3.63, 3.8) is 0 Å². The molecule has 1 heterocycles. The van der Waals surface area contributed by atoms with Gasteiger partial charge in [-0.3, -0.25) is 4.79 Å². The number of para-hydroxylation sites is 1. The molecule has 0 atom stereocenters. The van der Waals surface area contributed by atoms with Crippen LogP contribution in [-0.2, 0) is 13.1 Å². The van der Waals surface area contributed by atoms with Gasteiger partial charge in [0.15, 0.2) is 0 Å². The predicted octanol–water partition coefficient (Wildman–Crippen LogP) is 4.11. The highest BCUT2D eigenvalue weighted by molar-refractivity contribution is 5.94. The van der Waals surface area contributed by atoms with E-state index in [-0.39, 0.29) is 24.4 Å². The summed E-state index contributed by atoms with van der Waals surface area (Å²) >= 11 is 0. The van der Waals surface area contributed by atoms with Gasteiger partial charge in [0.05, 0.1) is 24.9 Å². The average Bonchev–Trinajstić information content (AvgIpc) is 3.11. The number of benzene rings is 2. The van der Waals surface area contributed by atoms with Crippen LogP contribution in [0.5, 0.6) is 5.75 Å². The molecule has 25 heavy (non-hydrogen) atoms. The van der Waals surface area contributed by atoms with E-state index in [4.69, 9.17) is 4.42 Å². The first-order chi connectivity index (χ1) is 12.0. The first-order valence-electron chi connectivity index (χ1n) is 7.58. The number of carbonyl (C=O) groups excluding carboxylic acids is 1. The van der Waals surface area contributed by atoms with Crippen molar-refractivity contribution in [2.24, 2.45) is 0 Å². The van der Waals surface area contributed by atoms with Gasteiger partial charge in [0.1, 0.15) is 23.1 Å². The molecule has 0 radical (unpaired) electrons. The molecule has 0 saturated carbocycles. The van der Waals surface area contributed by atoms with Crippen molar-refractivity contribution >= 4 is 5.91 Å². The lowest BCUT2D eigenvalue weighted by Gasteiger charge is -2.22. The van der Waals surface area contributed by atoms with Crippen LogP contribution in [0.1, 0.15) is 21.7 Å². The summed E-state index contributed by atoms with van der Waals surface area (Å²) in [5.41, 5.74) is 0.112. The van der Waals surface area contributed by atoms with E-state index in [9.17, 15) is 18.7 Å². The van der Waals surface area contributed by atoms with E-state index in [0.717, 1.165) is 18.2 Å². The quantitative estimate of drug-likeness (QED) is 0.759. The van der Waals surface area contributed by atoms with E-state index >= 15 is 0 Å². The second-order valence-electron chi connectivity index (χ2n) is 5.49. The summed E-state index contributed by atoms with van der Waals surface area (Å²) < 4.78 is 32.7. The van der Waals surface area contributed by atoms with Crippen molar-refractivity contribution in [1.29, 1.82) is 0 Å². The summed E-state index contributed by atoms with van der Waals surface area (Å²) in [4.78, 5) is 14.0. The molecule has 3 rings (SSSR count). The smallest absolute Gasteiger partial charge is 0.257 e. The van der Waals surface area contributed by atoms with Crippen LogP contribution in [0.15, 0.2) is 65.3 Å². The molecule has 4 nitrogen and oxygen atoms in total. The third-order valence-corrected chi connectivity index (χ3v) is 3.73. The molecule has 128 valence electrons. The highest BCUT2D eigenvalue weighted by Crippen LogP contribution is 2.22. The van der Waals surface area contributed by atoms with Crippen LogP contribution >= 0.6 is 0 Å². The Morgan fingerprint density at radius 1 is 1.04 bits per heavy atom. The molecule has 3 aromatic rings. The number of halogens is 2. The molecule has 0 saturated heterocycles. The molecule has 0 fully saturated rings. The van der Waals surface area contributed by atoms with Gasteiger partial charge >= 0.3 is 0 Å². The third-order valence-electron chi connectivity index (χ3n) is 3.73. The summed E-state index contributed by atoms with van der Waals surface area (Å²) in [6.07, 6.45) is 1.46. The van der Waals surface area contributed by atoms with Crippen molar-refractivity contribution in [3.05, 3.63) is 89.4 Å². The number of nitrogens with zero attached hydrogens (tertiary/aromatic N) is 1. The number of hydrogen-bond donors (Lipinski definition) is 1. The highest BCUT2D eigenvalue weighted by atomic mass is 19.1. The average molecular weight is 343 g/mol. The van der Waals surface area contributed by atoms with Gasteiger partial charge in [-0.05, 0) is 36.4 Å². The van der Waals surface area contributed by atoms with Crippen LogP contribution in [0.25, 0.3) is 0 Å². The Hall–Kier alpha value is -3.15. The van der Waals surface area contributed by atoms with Crippen LogP contribution in [0, 0.1) is 11.6 Å². The molecule has 1 N–H and O–H groups in total. The molecule has 0 spiro atoms. The zero-order chi connectivity index (χ0) is 17.8. The van der Waals surface area contributed by atoms with Gasteiger partial charge in [-0.25, -0.2) is 8.78 Å². The van der Waals surface area contributed by atoms with Gasteiger partial charge in [0, 0.05) is 5.56 Å². The molecule has 0 aliphatic rings. The number of amides is 1. The largest absolute Gasteiger partial charge is 0.508 e. The molecule has 1 amide bonds. The monoisotopic (exact) mass is 343 g/mol. The predicted molar refractivity (Wildman–Crippen MR) is 86.8 cm³/mol. The minimum Gasteiger partial charge on any atom is -0.508 e. The first kappa shape index (κ1) is 16.7. The molecule has 0 aliphatic carbocycles. The van der Waals surface area contributed by atoms with Gasteiger partial charge in [-0.1, -0.05) is 18.2 Å². The molecule has 0 bridgehead atoms. The summed E-state index contributed by atoms with van der Waals surface area (Å²) in [5, 5.41) is 9.94. The maximum atomic E-state index is 14.0. The number of furan rings is 1. The maximum absolute atomic E-state index is 14.0. The Bertz CT molecular complexity index is 878. The third kappa shape index (κ3) is 3.85. The minimum absolute atomic E-state index is 0.0134. The van der Waals surface area contributed by atoms with Crippen molar-refractivity contribution in [3.8, 4) is 5.75 Å². The van der Waals surface area contributed by atoms with Crippen molar-refractivity contribution in [2.45, 2.75) is 13.1 Å². The SMILES string of the molecule is O=C(c1cc(F)ccc1F)N(Cc1ccco1)Cc1ccccc1O. The summed E-state index contributed by atoms with van der Waals surface area (Å²) in [6.45, 7) is 0.0677. The topological polar surface area (TPSA) is 53.7 Å². The van der Waals surface area contributed by atoms with Crippen LogP contribution in [0.3, 0.4) is 0 Å². The number of carbonyl (C=O) groups is 1. The Balaban J connectivity index is 1.94. The van der Waals surface area contributed by atoms with Gasteiger partial charge in [0.2, 0.25) is 0 Å². The van der Waals surface area contributed by atoms with Crippen LogP contribution in [0.4, 0.5) is 8.78 Å².